The van der Waals surface area contributed by atoms with E-state index >= 15 is 0 Å². The summed E-state index contributed by atoms with van der Waals surface area (Å²) in [6.07, 6.45) is 0.827. The van der Waals surface area contributed by atoms with Gasteiger partial charge in [-0.15, -0.1) is 0 Å². The number of nitrogens with one attached hydrogen (secondary N) is 1. The van der Waals surface area contributed by atoms with Crippen molar-refractivity contribution in [2.24, 2.45) is 0 Å². The topological polar surface area (TPSA) is 82.5 Å². The standard InChI is InChI=1S/C13H17N3O3/c1-13(2,3)16(12(18)19)10-7-9-8(15-11(10)17)5-4-6-14-9/h4-6,10H,7H2,1-3H3,(H,15,17)(H,18,19)/t10-/m1/s1. The normalized spacial score (nSPS) is 18.5. The highest BCUT2D eigenvalue weighted by atomic mass is 16.4. The van der Waals surface area contributed by atoms with E-state index in [1.165, 1.54) is 4.90 Å². The van der Waals surface area contributed by atoms with E-state index in [9.17, 15) is 14.7 Å². The third kappa shape index (κ3) is 2.52. The minimum atomic E-state index is -1.10. The van der Waals surface area contributed by atoms with Crippen molar-refractivity contribution in [3.05, 3.63) is 24.0 Å². The van der Waals surface area contributed by atoms with Crippen molar-refractivity contribution in [3.63, 3.8) is 0 Å². The predicted molar refractivity (Wildman–Crippen MR) is 70.0 cm³/mol. The Kier molecular flexibility index (Phi) is 3.18. The summed E-state index contributed by atoms with van der Waals surface area (Å²) < 4.78 is 0. The fraction of sp³-hybridized carbons (Fsp3) is 0.462. The van der Waals surface area contributed by atoms with Crippen molar-refractivity contribution < 1.29 is 14.7 Å². The highest BCUT2D eigenvalue weighted by Crippen LogP contribution is 2.26. The molecule has 0 radical (unpaired) electrons. The third-order valence-electron chi connectivity index (χ3n) is 3.08. The second-order valence-corrected chi connectivity index (χ2v) is 5.53. The van der Waals surface area contributed by atoms with Crippen LogP contribution in [0.3, 0.4) is 0 Å². The molecular weight excluding hydrogens is 246 g/mol. The average molecular weight is 263 g/mol. The summed E-state index contributed by atoms with van der Waals surface area (Å²) in [5.41, 5.74) is 0.714. The van der Waals surface area contributed by atoms with Gasteiger partial charge < -0.3 is 10.4 Å². The Bertz CT molecular complexity index is 522. The van der Waals surface area contributed by atoms with Crippen LogP contribution in [0.1, 0.15) is 26.5 Å². The molecule has 6 nitrogen and oxygen atoms in total. The molecule has 1 aromatic heterocycles. The molecule has 1 atom stereocenters. The smallest absolute Gasteiger partial charge is 0.408 e. The largest absolute Gasteiger partial charge is 0.465 e. The van der Waals surface area contributed by atoms with Crippen molar-refractivity contribution in [2.45, 2.75) is 38.8 Å². The second kappa shape index (κ2) is 4.53. The van der Waals surface area contributed by atoms with Gasteiger partial charge >= 0.3 is 6.09 Å². The molecule has 6 heteroatoms. The SMILES string of the molecule is CC(C)(C)N(C(=O)O)[C@@H]1Cc2ncccc2NC1=O. The van der Waals surface area contributed by atoms with E-state index in [1.807, 2.05) is 0 Å². The van der Waals surface area contributed by atoms with Gasteiger partial charge in [-0.05, 0) is 32.9 Å². The molecular formula is C13H17N3O3. The molecule has 2 rings (SSSR count). The lowest BCUT2D eigenvalue weighted by molar-refractivity contribution is -0.122. The first-order chi connectivity index (χ1) is 8.80. The van der Waals surface area contributed by atoms with E-state index in [0.29, 0.717) is 17.8 Å². The van der Waals surface area contributed by atoms with Crippen LogP contribution < -0.4 is 5.32 Å². The summed E-state index contributed by atoms with van der Waals surface area (Å²) in [5.74, 6) is -0.308. The highest BCUT2D eigenvalue weighted by molar-refractivity contribution is 5.99. The Morgan fingerprint density at radius 1 is 1.53 bits per heavy atom. The first kappa shape index (κ1) is 13.3. The van der Waals surface area contributed by atoms with Gasteiger partial charge in [0.1, 0.15) is 6.04 Å². The number of nitrogens with zero attached hydrogens (tertiary/aromatic N) is 2. The fourth-order valence-corrected chi connectivity index (χ4v) is 2.30. The van der Waals surface area contributed by atoms with Gasteiger partial charge in [0.15, 0.2) is 0 Å². The molecule has 0 saturated carbocycles. The number of anilines is 1. The van der Waals surface area contributed by atoms with Gasteiger partial charge in [0.25, 0.3) is 0 Å². The molecule has 1 aromatic rings. The molecule has 2 amide bonds. The van der Waals surface area contributed by atoms with Crippen LogP contribution in [0, 0.1) is 0 Å². The second-order valence-electron chi connectivity index (χ2n) is 5.53. The number of hydrogen-bond acceptors (Lipinski definition) is 3. The van der Waals surface area contributed by atoms with E-state index < -0.39 is 17.7 Å². The molecule has 0 spiro atoms. The molecule has 0 unspecified atom stereocenters. The lowest BCUT2D eigenvalue weighted by Gasteiger charge is -2.40. The maximum atomic E-state index is 12.1. The number of rotatable bonds is 1. The Morgan fingerprint density at radius 2 is 2.21 bits per heavy atom. The number of fused-ring (bicyclic) bond motifs is 1. The average Bonchev–Trinajstić information content (AvgIpc) is 2.27. The monoisotopic (exact) mass is 263 g/mol. The van der Waals surface area contributed by atoms with Gasteiger partial charge in [-0.1, -0.05) is 0 Å². The summed E-state index contributed by atoms with van der Waals surface area (Å²) >= 11 is 0. The number of amides is 2. The molecule has 1 aliphatic heterocycles. The summed E-state index contributed by atoms with van der Waals surface area (Å²) in [6.45, 7) is 5.30. The molecule has 19 heavy (non-hydrogen) atoms. The summed E-state index contributed by atoms with van der Waals surface area (Å²) in [5, 5.41) is 12.1. The van der Waals surface area contributed by atoms with Crippen molar-refractivity contribution in [2.75, 3.05) is 5.32 Å². The number of pyridine rings is 1. The van der Waals surface area contributed by atoms with Crippen molar-refractivity contribution in [1.29, 1.82) is 0 Å². The van der Waals surface area contributed by atoms with Crippen LogP contribution in [0.5, 0.6) is 0 Å². The van der Waals surface area contributed by atoms with E-state index in [1.54, 1.807) is 39.1 Å². The fourth-order valence-electron chi connectivity index (χ4n) is 2.30. The van der Waals surface area contributed by atoms with Crippen LogP contribution in [-0.2, 0) is 11.2 Å². The minimum Gasteiger partial charge on any atom is -0.465 e. The Labute approximate surface area is 111 Å². The van der Waals surface area contributed by atoms with Crippen LogP contribution >= 0.6 is 0 Å². The van der Waals surface area contributed by atoms with Crippen LogP contribution in [0.2, 0.25) is 0 Å². The van der Waals surface area contributed by atoms with Crippen LogP contribution in [-0.4, -0.2) is 38.6 Å². The molecule has 2 heterocycles. The van der Waals surface area contributed by atoms with E-state index in [2.05, 4.69) is 10.3 Å². The van der Waals surface area contributed by atoms with Gasteiger partial charge in [0.2, 0.25) is 5.91 Å². The number of hydrogen-bond donors (Lipinski definition) is 2. The zero-order valence-corrected chi connectivity index (χ0v) is 11.2. The minimum absolute atomic E-state index is 0.297. The number of carbonyl (C=O) groups excluding carboxylic acids is 1. The quantitative estimate of drug-likeness (QED) is 0.808. The summed E-state index contributed by atoms with van der Waals surface area (Å²) in [4.78, 5) is 28.9. The number of carbonyl (C=O) groups is 2. The lowest BCUT2D eigenvalue weighted by Crippen LogP contribution is -2.57. The Hall–Kier alpha value is -2.11. The highest BCUT2D eigenvalue weighted by Gasteiger charge is 2.40. The summed E-state index contributed by atoms with van der Waals surface area (Å²) in [7, 11) is 0. The molecule has 0 saturated heterocycles. The van der Waals surface area contributed by atoms with Gasteiger partial charge in [-0.2, -0.15) is 0 Å². The molecule has 0 aromatic carbocycles. The Balaban J connectivity index is 2.36. The first-order valence-corrected chi connectivity index (χ1v) is 6.07. The zero-order valence-electron chi connectivity index (χ0n) is 11.2. The number of aromatic nitrogens is 1. The number of carboxylic acid groups (broad SMARTS) is 1. The lowest BCUT2D eigenvalue weighted by atomic mass is 9.97. The predicted octanol–water partition coefficient (Wildman–Crippen LogP) is 1.72. The van der Waals surface area contributed by atoms with E-state index in [0.717, 1.165) is 0 Å². The van der Waals surface area contributed by atoms with Gasteiger partial charge in [0.05, 0.1) is 11.4 Å². The molecule has 2 N–H and O–H groups in total. The first-order valence-electron chi connectivity index (χ1n) is 6.07. The summed E-state index contributed by atoms with van der Waals surface area (Å²) in [6, 6.07) is 2.75. The van der Waals surface area contributed by atoms with Crippen molar-refractivity contribution >= 4 is 17.7 Å². The van der Waals surface area contributed by atoms with Crippen molar-refractivity contribution in [3.8, 4) is 0 Å². The molecule has 1 aliphatic rings. The molecule has 102 valence electrons. The molecule has 0 bridgehead atoms. The maximum absolute atomic E-state index is 12.1. The van der Waals surface area contributed by atoms with Crippen molar-refractivity contribution in [1.82, 2.24) is 9.88 Å². The van der Waals surface area contributed by atoms with Gasteiger partial charge in [-0.25, -0.2) is 4.79 Å². The van der Waals surface area contributed by atoms with Crippen LogP contribution in [0.4, 0.5) is 10.5 Å². The maximum Gasteiger partial charge on any atom is 0.408 e. The Morgan fingerprint density at radius 3 is 2.79 bits per heavy atom. The zero-order chi connectivity index (χ0) is 14.2. The van der Waals surface area contributed by atoms with Gasteiger partial charge in [0, 0.05) is 18.2 Å². The van der Waals surface area contributed by atoms with E-state index in [-0.39, 0.29) is 5.91 Å². The molecule has 0 aliphatic carbocycles. The molecule has 0 fully saturated rings. The third-order valence-corrected chi connectivity index (χ3v) is 3.08. The van der Waals surface area contributed by atoms with Crippen LogP contribution in [0.15, 0.2) is 18.3 Å². The van der Waals surface area contributed by atoms with E-state index in [4.69, 9.17) is 0 Å². The van der Waals surface area contributed by atoms with Gasteiger partial charge in [-0.3, -0.25) is 14.7 Å². The van der Waals surface area contributed by atoms with Crippen LogP contribution in [0.25, 0.3) is 0 Å².